The molecule has 130 valence electrons. The van der Waals surface area contributed by atoms with Crippen LogP contribution in [-0.4, -0.2) is 43.4 Å². The molecule has 0 N–H and O–H groups in total. The molecule has 0 spiro atoms. The Hall–Kier alpha value is -2.53. The number of hydrogen-bond donors (Lipinski definition) is 0. The van der Waals surface area contributed by atoms with Gasteiger partial charge in [-0.25, -0.2) is 4.79 Å². The molecule has 1 saturated heterocycles. The van der Waals surface area contributed by atoms with Gasteiger partial charge in [-0.1, -0.05) is 18.2 Å². The summed E-state index contributed by atoms with van der Waals surface area (Å²) in [5, 5.41) is 2.23. The first kappa shape index (κ1) is 16.0. The van der Waals surface area contributed by atoms with Gasteiger partial charge in [-0.2, -0.15) is 0 Å². The summed E-state index contributed by atoms with van der Waals surface area (Å²) in [7, 11) is 2.07. The van der Waals surface area contributed by atoms with E-state index in [2.05, 4.69) is 34.7 Å². The van der Waals surface area contributed by atoms with Gasteiger partial charge < -0.3 is 18.9 Å². The zero-order valence-corrected chi connectivity index (χ0v) is 14.6. The van der Waals surface area contributed by atoms with E-state index in [4.69, 9.17) is 9.47 Å². The molecule has 5 nitrogen and oxygen atoms in total. The van der Waals surface area contributed by atoms with Crippen LogP contribution in [0.2, 0.25) is 0 Å². The van der Waals surface area contributed by atoms with Crippen molar-refractivity contribution in [1.29, 1.82) is 0 Å². The van der Waals surface area contributed by atoms with Gasteiger partial charge in [0.15, 0.2) is 0 Å². The van der Waals surface area contributed by atoms with E-state index in [1.807, 2.05) is 25.1 Å². The zero-order chi connectivity index (χ0) is 17.4. The van der Waals surface area contributed by atoms with E-state index in [0.717, 1.165) is 40.6 Å². The number of aromatic nitrogens is 1. The average Bonchev–Trinajstić information content (AvgIpc) is 2.94. The third-order valence-corrected chi connectivity index (χ3v) is 4.88. The largest absolute Gasteiger partial charge is 0.462 e. The van der Waals surface area contributed by atoms with Gasteiger partial charge >= 0.3 is 5.97 Å². The van der Waals surface area contributed by atoms with Gasteiger partial charge in [0.25, 0.3) is 0 Å². The van der Waals surface area contributed by atoms with E-state index in [0.29, 0.717) is 25.4 Å². The summed E-state index contributed by atoms with van der Waals surface area (Å²) in [4.78, 5) is 14.8. The van der Waals surface area contributed by atoms with Crippen LogP contribution in [0.25, 0.3) is 21.8 Å². The van der Waals surface area contributed by atoms with Crippen molar-refractivity contribution in [2.75, 3.05) is 37.8 Å². The Morgan fingerprint density at radius 3 is 2.64 bits per heavy atom. The van der Waals surface area contributed by atoms with Crippen molar-refractivity contribution in [2.45, 2.75) is 6.92 Å². The molecule has 0 unspecified atom stereocenters. The van der Waals surface area contributed by atoms with Crippen molar-refractivity contribution in [2.24, 2.45) is 7.05 Å². The number of nitrogens with zero attached hydrogens (tertiary/aromatic N) is 2. The van der Waals surface area contributed by atoms with Crippen LogP contribution in [-0.2, 0) is 16.5 Å². The summed E-state index contributed by atoms with van der Waals surface area (Å²) >= 11 is 0. The van der Waals surface area contributed by atoms with Crippen LogP contribution in [0.5, 0.6) is 0 Å². The number of ether oxygens (including phenoxy) is 2. The second-order valence-corrected chi connectivity index (χ2v) is 6.28. The molecule has 0 atom stereocenters. The maximum Gasteiger partial charge on any atom is 0.340 e. The van der Waals surface area contributed by atoms with Crippen molar-refractivity contribution in [3.63, 3.8) is 0 Å². The smallest absolute Gasteiger partial charge is 0.340 e. The van der Waals surface area contributed by atoms with E-state index < -0.39 is 0 Å². The first-order valence-corrected chi connectivity index (χ1v) is 8.71. The number of hydrogen-bond acceptors (Lipinski definition) is 4. The van der Waals surface area contributed by atoms with Crippen LogP contribution >= 0.6 is 0 Å². The number of benzene rings is 2. The molecule has 1 fully saturated rings. The maximum absolute atomic E-state index is 12.6. The van der Waals surface area contributed by atoms with Crippen LogP contribution in [0.3, 0.4) is 0 Å². The molecule has 5 heteroatoms. The van der Waals surface area contributed by atoms with Gasteiger partial charge in [-0.05, 0) is 25.1 Å². The lowest BCUT2D eigenvalue weighted by Crippen LogP contribution is -2.37. The molecule has 1 aliphatic rings. The van der Waals surface area contributed by atoms with Crippen molar-refractivity contribution in [3.8, 4) is 0 Å². The molecule has 0 amide bonds. The van der Waals surface area contributed by atoms with Gasteiger partial charge in [-0.15, -0.1) is 0 Å². The van der Waals surface area contributed by atoms with Crippen LogP contribution < -0.4 is 4.90 Å². The van der Waals surface area contributed by atoms with Gasteiger partial charge in [-0.3, -0.25) is 0 Å². The Kier molecular flexibility index (Phi) is 4.09. The average molecular weight is 338 g/mol. The summed E-state index contributed by atoms with van der Waals surface area (Å²) in [5.74, 6) is -0.265. The van der Waals surface area contributed by atoms with Crippen molar-refractivity contribution in [3.05, 3.63) is 42.0 Å². The number of para-hydroxylation sites is 1. The molecule has 0 radical (unpaired) electrons. The summed E-state index contributed by atoms with van der Waals surface area (Å²) < 4.78 is 13.0. The third kappa shape index (κ3) is 2.65. The highest BCUT2D eigenvalue weighted by Crippen LogP contribution is 2.34. The third-order valence-electron chi connectivity index (χ3n) is 4.88. The Bertz CT molecular complexity index is 939. The van der Waals surface area contributed by atoms with E-state index >= 15 is 0 Å². The van der Waals surface area contributed by atoms with Gasteiger partial charge in [0.2, 0.25) is 0 Å². The Morgan fingerprint density at radius 2 is 1.88 bits per heavy atom. The van der Waals surface area contributed by atoms with E-state index in [1.165, 1.54) is 0 Å². The molecule has 0 bridgehead atoms. The molecule has 0 saturated carbocycles. The normalized spacial score (nSPS) is 15.0. The fourth-order valence-corrected chi connectivity index (χ4v) is 3.63. The second kappa shape index (κ2) is 6.41. The Labute approximate surface area is 146 Å². The van der Waals surface area contributed by atoms with Crippen LogP contribution in [0.1, 0.15) is 17.3 Å². The predicted octanol–water partition coefficient (Wildman–Crippen LogP) is 3.34. The number of morpholine rings is 1. The monoisotopic (exact) mass is 338 g/mol. The van der Waals surface area contributed by atoms with E-state index in [9.17, 15) is 4.79 Å². The summed E-state index contributed by atoms with van der Waals surface area (Å²) in [6.45, 7) is 5.12. The molecule has 1 aliphatic heterocycles. The first-order valence-electron chi connectivity index (χ1n) is 8.71. The van der Waals surface area contributed by atoms with Crippen LogP contribution in [0.4, 0.5) is 5.69 Å². The predicted molar refractivity (Wildman–Crippen MR) is 99.4 cm³/mol. The molecular formula is C20H22N2O3. The zero-order valence-electron chi connectivity index (χ0n) is 14.6. The fraction of sp³-hybridized carbons (Fsp3) is 0.350. The summed E-state index contributed by atoms with van der Waals surface area (Å²) in [6.07, 6.45) is 0. The van der Waals surface area contributed by atoms with Crippen molar-refractivity contribution in [1.82, 2.24) is 4.57 Å². The molecule has 25 heavy (non-hydrogen) atoms. The number of aryl methyl sites for hydroxylation is 1. The number of carbonyl (C=O) groups is 1. The number of anilines is 1. The van der Waals surface area contributed by atoms with E-state index in [1.54, 1.807) is 0 Å². The molecule has 1 aromatic heterocycles. The topological polar surface area (TPSA) is 43.7 Å². The number of fused-ring (bicyclic) bond motifs is 3. The van der Waals surface area contributed by atoms with Crippen LogP contribution in [0.15, 0.2) is 36.4 Å². The SMILES string of the molecule is CCOC(=O)c1cc2c3ccccc3n(C)c2cc1N1CCOCC1. The van der Waals surface area contributed by atoms with E-state index in [-0.39, 0.29) is 5.97 Å². The summed E-state index contributed by atoms with van der Waals surface area (Å²) in [5.41, 5.74) is 3.84. The Morgan fingerprint density at radius 1 is 1.12 bits per heavy atom. The van der Waals surface area contributed by atoms with Gasteiger partial charge in [0, 0.05) is 36.4 Å². The van der Waals surface area contributed by atoms with Gasteiger partial charge in [0.05, 0.1) is 36.6 Å². The number of esters is 1. The van der Waals surface area contributed by atoms with Crippen molar-refractivity contribution < 1.29 is 14.3 Å². The minimum Gasteiger partial charge on any atom is -0.462 e. The molecular weight excluding hydrogens is 316 g/mol. The van der Waals surface area contributed by atoms with Gasteiger partial charge in [0.1, 0.15) is 0 Å². The number of carbonyl (C=O) groups excluding carboxylic acids is 1. The quantitative estimate of drug-likeness (QED) is 0.687. The fourth-order valence-electron chi connectivity index (χ4n) is 3.63. The lowest BCUT2D eigenvalue weighted by molar-refractivity contribution is 0.0526. The van der Waals surface area contributed by atoms with Crippen molar-refractivity contribution >= 4 is 33.5 Å². The second-order valence-electron chi connectivity index (χ2n) is 6.28. The highest BCUT2D eigenvalue weighted by Gasteiger charge is 2.22. The molecule has 4 rings (SSSR count). The highest BCUT2D eigenvalue weighted by molar-refractivity contribution is 6.12. The maximum atomic E-state index is 12.6. The first-order chi connectivity index (χ1) is 12.2. The lowest BCUT2D eigenvalue weighted by atomic mass is 10.1. The van der Waals surface area contributed by atoms with Crippen LogP contribution in [0, 0.1) is 0 Å². The summed E-state index contributed by atoms with van der Waals surface area (Å²) in [6, 6.07) is 12.4. The minimum absolute atomic E-state index is 0.265. The molecule has 0 aliphatic carbocycles. The standard InChI is InChI=1S/C20H22N2O3/c1-3-25-20(23)16-12-15-14-6-4-5-7-17(14)21(2)18(15)13-19(16)22-8-10-24-11-9-22/h4-7,12-13H,3,8-11H2,1-2H3. The Balaban J connectivity index is 1.97. The molecule has 2 aromatic carbocycles. The molecule has 2 heterocycles. The highest BCUT2D eigenvalue weighted by atomic mass is 16.5. The number of rotatable bonds is 3. The molecule has 3 aromatic rings. The minimum atomic E-state index is -0.265. The lowest BCUT2D eigenvalue weighted by Gasteiger charge is -2.30.